The number of carbonyl (C=O) groups excluding carboxylic acids is 2. The van der Waals surface area contributed by atoms with E-state index in [2.05, 4.69) is 10.3 Å². The van der Waals surface area contributed by atoms with Crippen molar-refractivity contribution in [3.8, 4) is 0 Å². The zero-order valence-corrected chi connectivity index (χ0v) is 25.2. The van der Waals surface area contributed by atoms with E-state index in [0.717, 1.165) is 33.7 Å². The first-order chi connectivity index (χ1) is 21.9. The molecule has 0 saturated carbocycles. The molecule has 0 bridgehead atoms. The second-order valence-electron chi connectivity index (χ2n) is 12.0. The Bertz CT molecular complexity index is 1610. The summed E-state index contributed by atoms with van der Waals surface area (Å²) in [6.45, 7) is 3.84. The lowest BCUT2D eigenvalue weighted by molar-refractivity contribution is -0.158. The van der Waals surface area contributed by atoms with Crippen LogP contribution in [-0.2, 0) is 19.3 Å². The minimum Gasteiger partial charge on any atom is -0.382 e. The maximum absolute atomic E-state index is 14.7. The van der Waals surface area contributed by atoms with Crippen molar-refractivity contribution in [2.24, 2.45) is 10.3 Å². The number of amides is 2. The smallest absolute Gasteiger partial charge is 0.269 e. The van der Waals surface area contributed by atoms with Crippen molar-refractivity contribution < 1.29 is 19.3 Å². The van der Waals surface area contributed by atoms with Gasteiger partial charge < -0.3 is 19.5 Å². The fourth-order valence-corrected chi connectivity index (χ4v) is 6.79. The molecule has 0 spiro atoms. The summed E-state index contributed by atoms with van der Waals surface area (Å²) in [5.41, 5.74) is 4.05. The second-order valence-corrected chi connectivity index (χ2v) is 12.0. The van der Waals surface area contributed by atoms with Crippen molar-refractivity contribution in [1.29, 1.82) is 0 Å². The van der Waals surface area contributed by atoms with Gasteiger partial charge in [0.05, 0.1) is 23.5 Å². The second kappa shape index (κ2) is 11.7. The monoisotopic (exact) mass is 598 g/mol. The van der Waals surface area contributed by atoms with E-state index in [1.54, 1.807) is 0 Å². The molecule has 226 valence electrons. The lowest BCUT2D eigenvalue weighted by Gasteiger charge is -2.40. The summed E-state index contributed by atoms with van der Waals surface area (Å²) in [5.74, 6) is -0.457. The first-order valence-electron chi connectivity index (χ1n) is 15.3. The third kappa shape index (κ3) is 5.16. The summed E-state index contributed by atoms with van der Waals surface area (Å²) < 4.78 is 0. The van der Waals surface area contributed by atoms with E-state index < -0.39 is 30.0 Å². The van der Waals surface area contributed by atoms with Crippen LogP contribution in [0.1, 0.15) is 61.0 Å². The standard InChI is InChI=1S/C37H34N4O4/c1-37(2)40(35(42)31-23-29(38-44-31)25-15-7-3-8-16-25)33(27-19-11-5-12-20-27)34(28-21-13-6-14-22-28)41(37)36(43)32-24-30(39-45-32)26-17-9-4-10-18-26/h3-22,31-34H,23-24H2,1-2H3/t31?,32?,33-,34-/m0/s1. The summed E-state index contributed by atoms with van der Waals surface area (Å²) in [7, 11) is 0. The Balaban J connectivity index is 1.27. The largest absolute Gasteiger partial charge is 0.382 e. The Hall–Kier alpha value is -5.24. The highest BCUT2D eigenvalue weighted by molar-refractivity contribution is 6.05. The Labute approximate surface area is 262 Å². The van der Waals surface area contributed by atoms with Crippen LogP contribution in [0.4, 0.5) is 0 Å². The molecule has 0 radical (unpaired) electrons. The molecular weight excluding hydrogens is 564 g/mol. The maximum Gasteiger partial charge on any atom is 0.269 e. The molecule has 8 nitrogen and oxygen atoms in total. The van der Waals surface area contributed by atoms with Gasteiger partial charge in [0.1, 0.15) is 5.66 Å². The minimum absolute atomic E-state index is 0.228. The summed E-state index contributed by atoms with van der Waals surface area (Å²) in [6.07, 6.45) is -0.984. The Kier molecular flexibility index (Phi) is 7.41. The van der Waals surface area contributed by atoms with Crippen LogP contribution < -0.4 is 0 Å². The lowest BCUT2D eigenvalue weighted by Crippen LogP contribution is -2.57. The van der Waals surface area contributed by atoms with Crippen molar-refractivity contribution in [2.45, 2.75) is 56.6 Å². The molecule has 3 heterocycles. The summed E-state index contributed by atoms with van der Waals surface area (Å²) in [5, 5.41) is 8.62. The average molecular weight is 599 g/mol. The van der Waals surface area contributed by atoms with Crippen LogP contribution in [0.2, 0.25) is 0 Å². The van der Waals surface area contributed by atoms with Crippen molar-refractivity contribution in [3.05, 3.63) is 144 Å². The third-order valence-corrected chi connectivity index (χ3v) is 8.89. The normalized spacial score (nSPS) is 23.6. The third-order valence-electron chi connectivity index (χ3n) is 8.89. The number of hydrogen-bond acceptors (Lipinski definition) is 6. The predicted octanol–water partition coefficient (Wildman–Crippen LogP) is 6.26. The number of nitrogens with zero attached hydrogens (tertiary/aromatic N) is 4. The van der Waals surface area contributed by atoms with Crippen molar-refractivity contribution >= 4 is 23.2 Å². The van der Waals surface area contributed by atoms with Crippen molar-refractivity contribution in [3.63, 3.8) is 0 Å². The average Bonchev–Trinajstić information content (AvgIpc) is 3.83. The van der Waals surface area contributed by atoms with Gasteiger partial charge in [0.15, 0.2) is 0 Å². The van der Waals surface area contributed by atoms with Gasteiger partial charge in [0.2, 0.25) is 12.2 Å². The Morgan fingerprint density at radius 2 is 0.911 bits per heavy atom. The fraction of sp³-hybridized carbons (Fsp3) is 0.243. The quantitative estimate of drug-likeness (QED) is 0.262. The fourth-order valence-electron chi connectivity index (χ4n) is 6.79. The molecule has 3 aliphatic rings. The highest BCUT2D eigenvalue weighted by Crippen LogP contribution is 2.52. The molecule has 7 rings (SSSR count). The highest BCUT2D eigenvalue weighted by atomic mass is 16.7. The molecule has 0 N–H and O–H groups in total. The van der Waals surface area contributed by atoms with E-state index in [4.69, 9.17) is 9.68 Å². The molecule has 2 unspecified atom stereocenters. The van der Waals surface area contributed by atoms with Crippen molar-refractivity contribution in [1.82, 2.24) is 9.80 Å². The van der Waals surface area contributed by atoms with Gasteiger partial charge in [0.25, 0.3) is 11.8 Å². The van der Waals surface area contributed by atoms with Gasteiger partial charge in [-0.15, -0.1) is 0 Å². The molecular formula is C37H34N4O4. The summed E-state index contributed by atoms with van der Waals surface area (Å²) in [4.78, 5) is 44.6. The zero-order chi connectivity index (χ0) is 31.0. The molecule has 1 saturated heterocycles. The SMILES string of the molecule is CC1(C)N(C(=O)C2CC(c3ccccc3)=NO2)[C@@H](c2ccccc2)[C@H](c2ccccc2)N1C(=O)C1CC(c2ccccc2)=NO1. The highest BCUT2D eigenvalue weighted by Gasteiger charge is 2.59. The molecule has 1 fully saturated rings. The number of rotatable bonds is 6. The first kappa shape index (κ1) is 28.5. The molecule has 3 aliphatic heterocycles. The van der Waals surface area contributed by atoms with Gasteiger partial charge in [-0.25, -0.2) is 0 Å². The predicted molar refractivity (Wildman–Crippen MR) is 171 cm³/mol. The van der Waals surface area contributed by atoms with Gasteiger partial charge in [-0.1, -0.05) is 132 Å². The molecule has 2 amide bonds. The number of carbonyl (C=O) groups is 2. The lowest BCUT2D eigenvalue weighted by atomic mass is 9.92. The number of benzene rings is 4. The van der Waals surface area contributed by atoms with Gasteiger partial charge in [-0.2, -0.15) is 0 Å². The topological polar surface area (TPSA) is 83.8 Å². The van der Waals surface area contributed by atoms with Crippen LogP contribution in [0.5, 0.6) is 0 Å². The summed E-state index contributed by atoms with van der Waals surface area (Å²) in [6, 6.07) is 38.2. The van der Waals surface area contributed by atoms with Crippen LogP contribution in [0.15, 0.2) is 132 Å². The Morgan fingerprint density at radius 3 is 1.27 bits per heavy atom. The van der Waals surface area contributed by atoms with E-state index in [0.29, 0.717) is 12.8 Å². The maximum atomic E-state index is 14.7. The number of hydrogen-bond donors (Lipinski definition) is 0. The minimum atomic E-state index is -1.06. The van der Waals surface area contributed by atoms with Crippen molar-refractivity contribution in [2.75, 3.05) is 0 Å². The van der Waals surface area contributed by atoms with E-state index >= 15 is 0 Å². The van der Waals surface area contributed by atoms with Crippen LogP contribution in [0.25, 0.3) is 0 Å². The van der Waals surface area contributed by atoms with E-state index in [1.165, 1.54) is 0 Å². The van der Waals surface area contributed by atoms with E-state index in [9.17, 15) is 9.59 Å². The van der Waals surface area contributed by atoms with E-state index in [-0.39, 0.29) is 11.8 Å². The van der Waals surface area contributed by atoms with Gasteiger partial charge in [0, 0.05) is 12.8 Å². The molecule has 0 aliphatic carbocycles. The first-order valence-corrected chi connectivity index (χ1v) is 15.3. The zero-order valence-electron chi connectivity index (χ0n) is 25.2. The van der Waals surface area contributed by atoms with Gasteiger partial charge in [-0.05, 0) is 36.1 Å². The molecule has 4 aromatic rings. The Morgan fingerprint density at radius 1 is 0.578 bits per heavy atom. The molecule has 4 atom stereocenters. The van der Waals surface area contributed by atoms with Crippen LogP contribution in [-0.4, -0.2) is 50.9 Å². The molecule has 0 aromatic heterocycles. The van der Waals surface area contributed by atoms with Crippen LogP contribution >= 0.6 is 0 Å². The van der Waals surface area contributed by atoms with Crippen LogP contribution in [0.3, 0.4) is 0 Å². The van der Waals surface area contributed by atoms with Gasteiger partial charge in [-0.3, -0.25) is 9.59 Å². The molecule has 4 aromatic carbocycles. The van der Waals surface area contributed by atoms with Gasteiger partial charge >= 0.3 is 0 Å². The van der Waals surface area contributed by atoms with E-state index in [1.807, 2.05) is 145 Å². The summed E-state index contributed by atoms with van der Waals surface area (Å²) >= 11 is 0. The molecule has 45 heavy (non-hydrogen) atoms. The number of oxime groups is 2. The van der Waals surface area contributed by atoms with Crippen LogP contribution in [0, 0.1) is 0 Å². The molecule has 8 heteroatoms.